The van der Waals surface area contributed by atoms with Gasteiger partial charge in [-0.2, -0.15) is 0 Å². The zero-order valence-corrected chi connectivity index (χ0v) is 10.1. The maximum absolute atomic E-state index is 10.8. The summed E-state index contributed by atoms with van der Waals surface area (Å²) in [5.74, 6) is 0.160. The Labute approximate surface area is 104 Å². The molecule has 6 nitrogen and oxygen atoms in total. The van der Waals surface area contributed by atoms with Crippen LogP contribution in [0.15, 0.2) is 12.1 Å². The van der Waals surface area contributed by atoms with Crippen molar-refractivity contribution in [1.82, 2.24) is 4.98 Å². The molecule has 2 N–H and O–H groups in total. The third-order valence-corrected chi connectivity index (χ3v) is 2.43. The molecule has 17 heavy (non-hydrogen) atoms. The quantitative estimate of drug-likeness (QED) is 0.465. The van der Waals surface area contributed by atoms with Gasteiger partial charge in [0.2, 0.25) is 5.82 Å². The van der Waals surface area contributed by atoms with Crippen molar-refractivity contribution in [3.05, 3.63) is 27.4 Å². The van der Waals surface area contributed by atoms with Crippen LogP contribution in [0, 0.1) is 10.1 Å². The standard InChI is InChI=1S/C10H14ClN3O3/c1-7(3-2-6-15)12-10-8(14(16)17)4-5-9(11)13-10/h4-5,7,15H,2-3,6H2,1H3,(H,12,13). The number of aromatic nitrogens is 1. The SMILES string of the molecule is CC(CCCO)Nc1nc(Cl)ccc1[N+](=O)[O-]. The van der Waals surface area contributed by atoms with Crippen molar-refractivity contribution in [1.29, 1.82) is 0 Å². The van der Waals surface area contributed by atoms with Crippen LogP contribution in [0.5, 0.6) is 0 Å². The van der Waals surface area contributed by atoms with Gasteiger partial charge in [0.05, 0.1) is 4.92 Å². The van der Waals surface area contributed by atoms with E-state index in [2.05, 4.69) is 10.3 Å². The van der Waals surface area contributed by atoms with Gasteiger partial charge in [-0.3, -0.25) is 10.1 Å². The van der Waals surface area contributed by atoms with Crippen molar-refractivity contribution in [2.75, 3.05) is 11.9 Å². The Balaban J connectivity index is 2.81. The van der Waals surface area contributed by atoms with Crippen LogP contribution in [0.1, 0.15) is 19.8 Å². The highest BCUT2D eigenvalue weighted by molar-refractivity contribution is 6.29. The molecular weight excluding hydrogens is 246 g/mol. The predicted octanol–water partition coefficient (Wildman–Crippen LogP) is 2.22. The molecule has 94 valence electrons. The number of nitro groups is 1. The average molecular weight is 260 g/mol. The summed E-state index contributed by atoms with van der Waals surface area (Å²) < 4.78 is 0. The maximum Gasteiger partial charge on any atom is 0.311 e. The third kappa shape index (κ3) is 4.16. The van der Waals surface area contributed by atoms with Gasteiger partial charge >= 0.3 is 5.69 Å². The van der Waals surface area contributed by atoms with E-state index in [4.69, 9.17) is 16.7 Å². The van der Waals surface area contributed by atoms with Crippen LogP contribution < -0.4 is 5.32 Å². The zero-order chi connectivity index (χ0) is 12.8. The smallest absolute Gasteiger partial charge is 0.311 e. The zero-order valence-electron chi connectivity index (χ0n) is 9.39. The first-order chi connectivity index (χ1) is 8.04. The highest BCUT2D eigenvalue weighted by Crippen LogP contribution is 2.24. The van der Waals surface area contributed by atoms with E-state index >= 15 is 0 Å². The molecule has 1 atom stereocenters. The van der Waals surface area contributed by atoms with Gasteiger partial charge in [0.1, 0.15) is 5.15 Å². The number of nitrogens with zero attached hydrogens (tertiary/aromatic N) is 2. The van der Waals surface area contributed by atoms with Crippen LogP contribution in [0.3, 0.4) is 0 Å². The molecule has 1 heterocycles. The van der Waals surface area contributed by atoms with Crippen LogP contribution in [0.25, 0.3) is 0 Å². The third-order valence-electron chi connectivity index (χ3n) is 2.22. The number of hydrogen-bond acceptors (Lipinski definition) is 5. The van der Waals surface area contributed by atoms with E-state index < -0.39 is 4.92 Å². The van der Waals surface area contributed by atoms with Gasteiger partial charge in [0.15, 0.2) is 0 Å². The molecule has 1 unspecified atom stereocenters. The van der Waals surface area contributed by atoms with E-state index in [1.807, 2.05) is 6.92 Å². The van der Waals surface area contributed by atoms with Crippen molar-refractivity contribution in [2.24, 2.45) is 0 Å². The fraction of sp³-hybridized carbons (Fsp3) is 0.500. The molecule has 0 aliphatic rings. The molecule has 0 radical (unpaired) electrons. The Morgan fingerprint density at radius 2 is 2.35 bits per heavy atom. The average Bonchev–Trinajstić information content (AvgIpc) is 2.26. The summed E-state index contributed by atoms with van der Waals surface area (Å²) >= 11 is 5.70. The highest BCUT2D eigenvalue weighted by atomic mass is 35.5. The maximum atomic E-state index is 10.8. The van der Waals surface area contributed by atoms with Crippen LogP contribution in [0.4, 0.5) is 11.5 Å². The predicted molar refractivity (Wildman–Crippen MR) is 65.3 cm³/mol. The van der Waals surface area contributed by atoms with E-state index in [1.165, 1.54) is 12.1 Å². The second kappa shape index (κ2) is 6.36. The van der Waals surface area contributed by atoms with Crippen molar-refractivity contribution in [2.45, 2.75) is 25.8 Å². The number of halogens is 1. The molecule has 0 aliphatic heterocycles. The largest absolute Gasteiger partial charge is 0.396 e. The summed E-state index contributed by atoms with van der Waals surface area (Å²) in [5.41, 5.74) is -0.106. The summed E-state index contributed by atoms with van der Waals surface area (Å²) in [4.78, 5) is 14.2. The number of aliphatic hydroxyl groups is 1. The molecule has 0 bridgehead atoms. The highest BCUT2D eigenvalue weighted by Gasteiger charge is 2.17. The first-order valence-electron chi connectivity index (χ1n) is 5.23. The summed E-state index contributed by atoms with van der Waals surface area (Å²) in [5, 5.41) is 22.6. The lowest BCUT2D eigenvalue weighted by atomic mass is 10.2. The van der Waals surface area contributed by atoms with Gasteiger partial charge in [-0.1, -0.05) is 11.6 Å². The number of rotatable bonds is 6. The molecule has 0 amide bonds. The summed E-state index contributed by atoms with van der Waals surface area (Å²) in [6, 6.07) is 2.67. The van der Waals surface area contributed by atoms with Gasteiger partial charge in [-0.05, 0) is 25.8 Å². The molecule has 1 aromatic rings. The molecule has 0 spiro atoms. The molecule has 1 rings (SSSR count). The molecule has 0 aromatic carbocycles. The van der Waals surface area contributed by atoms with Gasteiger partial charge in [0.25, 0.3) is 0 Å². The van der Waals surface area contributed by atoms with Crippen molar-refractivity contribution in [3.8, 4) is 0 Å². The monoisotopic (exact) mass is 259 g/mol. The van der Waals surface area contributed by atoms with Crippen LogP contribution in [-0.4, -0.2) is 27.7 Å². The van der Waals surface area contributed by atoms with E-state index in [9.17, 15) is 10.1 Å². The molecule has 0 aliphatic carbocycles. The molecular formula is C10H14ClN3O3. The van der Waals surface area contributed by atoms with Gasteiger partial charge in [-0.25, -0.2) is 4.98 Å². The fourth-order valence-corrected chi connectivity index (χ4v) is 1.53. The molecule has 0 saturated carbocycles. The molecule has 0 fully saturated rings. The lowest BCUT2D eigenvalue weighted by Crippen LogP contribution is -2.17. The number of aliphatic hydroxyl groups excluding tert-OH is 1. The van der Waals surface area contributed by atoms with Gasteiger partial charge in [0, 0.05) is 18.7 Å². The number of anilines is 1. The number of nitrogens with one attached hydrogen (secondary N) is 1. The van der Waals surface area contributed by atoms with E-state index in [1.54, 1.807) is 0 Å². The Bertz CT molecular complexity index is 400. The second-order valence-corrected chi connectivity index (χ2v) is 4.06. The van der Waals surface area contributed by atoms with Crippen molar-refractivity contribution in [3.63, 3.8) is 0 Å². The topological polar surface area (TPSA) is 88.3 Å². The minimum atomic E-state index is -0.509. The van der Waals surface area contributed by atoms with Crippen LogP contribution in [-0.2, 0) is 0 Å². The van der Waals surface area contributed by atoms with Crippen molar-refractivity contribution < 1.29 is 10.0 Å². The van der Waals surface area contributed by atoms with Crippen molar-refractivity contribution >= 4 is 23.1 Å². The first-order valence-corrected chi connectivity index (χ1v) is 5.60. The Hall–Kier alpha value is -1.40. The molecule has 0 saturated heterocycles. The Morgan fingerprint density at radius 1 is 1.65 bits per heavy atom. The molecule has 7 heteroatoms. The second-order valence-electron chi connectivity index (χ2n) is 3.67. The molecule has 1 aromatic heterocycles. The Morgan fingerprint density at radius 3 is 2.94 bits per heavy atom. The first kappa shape index (κ1) is 13.7. The van der Waals surface area contributed by atoms with Gasteiger partial charge in [-0.15, -0.1) is 0 Å². The number of pyridine rings is 1. The van der Waals surface area contributed by atoms with E-state index in [0.29, 0.717) is 12.8 Å². The van der Waals surface area contributed by atoms with E-state index in [-0.39, 0.29) is 29.3 Å². The Kier molecular flexibility index (Phi) is 5.11. The lowest BCUT2D eigenvalue weighted by molar-refractivity contribution is -0.384. The van der Waals surface area contributed by atoms with Gasteiger partial charge < -0.3 is 10.4 Å². The normalized spacial score (nSPS) is 12.2. The summed E-state index contributed by atoms with van der Waals surface area (Å²) in [6.45, 7) is 1.96. The van der Waals surface area contributed by atoms with E-state index in [0.717, 1.165) is 0 Å². The minimum Gasteiger partial charge on any atom is -0.396 e. The fourth-order valence-electron chi connectivity index (χ4n) is 1.38. The lowest BCUT2D eigenvalue weighted by Gasteiger charge is -2.13. The number of hydrogen-bond donors (Lipinski definition) is 2. The van der Waals surface area contributed by atoms with Crippen LogP contribution in [0.2, 0.25) is 5.15 Å². The summed E-state index contributed by atoms with van der Waals surface area (Å²) in [6.07, 6.45) is 1.32. The summed E-state index contributed by atoms with van der Waals surface area (Å²) in [7, 11) is 0. The van der Waals surface area contributed by atoms with Crippen LogP contribution >= 0.6 is 11.6 Å². The minimum absolute atomic E-state index is 0.0215.